The fourth-order valence-corrected chi connectivity index (χ4v) is 2.28. The molecule has 0 saturated carbocycles. The molecule has 1 aliphatic heterocycles. The van der Waals surface area contributed by atoms with E-state index in [1.807, 2.05) is 43.1 Å². The van der Waals surface area contributed by atoms with Crippen LogP contribution in [0.4, 0.5) is 0 Å². The third-order valence-electron chi connectivity index (χ3n) is 3.30. The third kappa shape index (κ3) is 3.61. The molecule has 19 heavy (non-hydrogen) atoms. The highest BCUT2D eigenvalue weighted by molar-refractivity contribution is 5.97. The number of likely N-dealkylation sites (N-methyl/N-ethyl adjacent to an activating group) is 1. The van der Waals surface area contributed by atoms with Gasteiger partial charge in [0.15, 0.2) is 0 Å². The van der Waals surface area contributed by atoms with Crippen LogP contribution in [0.15, 0.2) is 24.3 Å². The number of amides is 1. The fourth-order valence-electron chi connectivity index (χ4n) is 2.28. The highest BCUT2D eigenvalue weighted by Gasteiger charge is 2.27. The minimum Gasteiger partial charge on any atom is -0.493 e. The lowest BCUT2D eigenvalue weighted by Crippen LogP contribution is -2.33. The number of carbonyl (C=O) groups is 1. The first kappa shape index (κ1) is 15.8. The van der Waals surface area contributed by atoms with Crippen molar-refractivity contribution in [2.75, 3.05) is 26.7 Å². The Hall–Kier alpha value is -1.26. The van der Waals surface area contributed by atoms with Crippen LogP contribution in [-0.2, 0) is 0 Å². The molecule has 1 heterocycles. The average molecular weight is 285 g/mol. The van der Waals surface area contributed by atoms with Gasteiger partial charge in [0.25, 0.3) is 5.91 Å². The summed E-state index contributed by atoms with van der Waals surface area (Å²) in [7, 11) is 1.94. The minimum atomic E-state index is 0. The van der Waals surface area contributed by atoms with Crippen molar-refractivity contribution < 1.29 is 9.53 Å². The van der Waals surface area contributed by atoms with E-state index in [-0.39, 0.29) is 18.3 Å². The van der Waals surface area contributed by atoms with E-state index in [2.05, 4.69) is 5.32 Å². The van der Waals surface area contributed by atoms with Crippen LogP contribution in [0.25, 0.3) is 0 Å². The van der Waals surface area contributed by atoms with Crippen molar-refractivity contribution in [3.8, 4) is 5.75 Å². The van der Waals surface area contributed by atoms with Crippen molar-refractivity contribution in [1.29, 1.82) is 0 Å². The molecule has 1 amide bonds. The molecule has 1 fully saturated rings. The molecule has 1 aliphatic rings. The van der Waals surface area contributed by atoms with Gasteiger partial charge in [-0.1, -0.05) is 12.1 Å². The van der Waals surface area contributed by atoms with Crippen LogP contribution in [0.2, 0.25) is 0 Å². The Bertz CT molecular complexity index is 426. The Morgan fingerprint density at radius 3 is 2.84 bits per heavy atom. The van der Waals surface area contributed by atoms with Crippen LogP contribution in [0, 0.1) is 0 Å². The van der Waals surface area contributed by atoms with Crippen LogP contribution in [-0.4, -0.2) is 43.6 Å². The minimum absolute atomic E-state index is 0. The summed E-state index contributed by atoms with van der Waals surface area (Å²) in [5.74, 6) is 0.745. The molecular formula is C14H21ClN2O2. The summed E-state index contributed by atoms with van der Waals surface area (Å²) >= 11 is 0. The normalized spacial score (nSPS) is 18.0. The lowest BCUT2D eigenvalue weighted by Gasteiger charge is -2.18. The highest BCUT2D eigenvalue weighted by atomic mass is 35.5. The van der Waals surface area contributed by atoms with E-state index in [0.717, 1.165) is 19.5 Å². The molecule has 1 N–H and O–H groups in total. The number of rotatable bonds is 4. The van der Waals surface area contributed by atoms with Gasteiger partial charge in [0, 0.05) is 19.1 Å². The smallest absolute Gasteiger partial charge is 0.257 e. The van der Waals surface area contributed by atoms with Crippen molar-refractivity contribution in [2.45, 2.75) is 19.4 Å². The van der Waals surface area contributed by atoms with Gasteiger partial charge in [-0.25, -0.2) is 0 Å². The molecule has 0 radical (unpaired) electrons. The number of likely N-dealkylation sites (tertiary alicyclic amines) is 1. The summed E-state index contributed by atoms with van der Waals surface area (Å²) < 4.78 is 5.51. The van der Waals surface area contributed by atoms with E-state index in [9.17, 15) is 4.79 Å². The van der Waals surface area contributed by atoms with E-state index < -0.39 is 0 Å². The zero-order chi connectivity index (χ0) is 13.0. The number of para-hydroxylation sites is 1. The first-order valence-electron chi connectivity index (χ1n) is 6.44. The predicted molar refractivity (Wildman–Crippen MR) is 78.2 cm³/mol. The lowest BCUT2D eigenvalue weighted by molar-refractivity contribution is 0.0785. The van der Waals surface area contributed by atoms with Crippen LogP contribution >= 0.6 is 12.4 Å². The Labute approximate surface area is 120 Å². The van der Waals surface area contributed by atoms with Gasteiger partial charge in [-0.15, -0.1) is 12.4 Å². The van der Waals surface area contributed by atoms with Gasteiger partial charge in [-0.3, -0.25) is 4.79 Å². The summed E-state index contributed by atoms with van der Waals surface area (Å²) in [5.41, 5.74) is 0.663. The summed E-state index contributed by atoms with van der Waals surface area (Å²) in [6, 6.07) is 7.86. The standard InChI is InChI=1S/C14H20N2O2.ClH/c1-3-18-13-7-5-4-6-12(13)14(17)16-9-8-11(10-16)15-2;/h4-7,11,15H,3,8-10H2,1-2H3;1H. The monoisotopic (exact) mass is 284 g/mol. The van der Waals surface area contributed by atoms with Crippen LogP contribution in [0.5, 0.6) is 5.75 Å². The van der Waals surface area contributed by atoms with Crippen molar-refractivity contribution >= 4 is 18.3 Å². The summed E-state index contributed by atoms with van der Waals surface area (Å²) in [6.07, 6.45) is 1.01. The molecule has 0 bridgehead atoms. The lowest BCUT2D eigenvalue weighted by atomic mass is 10.2. The maximum Gasteiger partial charge on any atom is 0.257 e. The van der Waals surface area contributed by atoms with Gasteiger partial charge in [-0.2, -0.15) is 0 Å². The fraction of sp³-hybridized carbons (Fsp3) is 0.500. The molecule has 1 saturated heterocycles. The van der Waals surface area contributed by atoms with E-state index in [0.29, 0.717) is 24.0 Å². The van der Waals surface area contributed by atoms with E-state index in [1.165, 1.54) is 0 Å². The van der Waals surface area contributed by atoms with Gasteiger partial charge >= 0.3 is 0 Å². The molecular weight excluding hydrogens is 264 g/mol. The number of nitrogens with one attached hydrogen (secondary N) is 1. The second kappa shape index (κ2) is 7.36. The molecule has 1 atom stereocenters. The van der Waals surface area contributed by atoms with E-state index in [1.54, 1.807) is 0 Å². The van der Waals surface area contributed by atoms with Crippen LogP contribution < -0.4 is 10.1 Å². The Balaban J connectivity index is 0.00000180. The number of hydrogen-bond acceptors (Lipinski definition) is 3. The average Bonchev–Trinajstić information content (AvgIpc) is 2.88. The molecule has 4 nitrogen and oxygen atoms in total. The van der Waals surface area contributed by atoms with E-state index in [4.69, 9.17) is 4.74 Å². The highest BCUT2D eigenvalue weighted by Crippen LogP contribution is 2.22. The molecule has 0 aromatic heterocycles. The Morgan fingerprint density at radius 2 is 2.21 bits per heavy atom. The number of halogens is 1. The van der Waals surface area contributed by atoms with Gasteiger partial charge in [0.1, 0.15) is 5.75 Å². The number of nitrogens with zero attached hydrogens (tertiary/aromatic N) is 1. The first-order chi connectivity index (χ1) is 8.76. The SMILES string of the molecule is CCOc1ccccc1C(=O)N1CCC(NC)C1.Cl. The first-order valence-corrected chi connectivity index (χ1v) is 6.44. The molecule has 1 unspecified atom stereocenters. The van der Waals surface area contributed by atoms with Crippen molar-refractivity contribution in [3.05, 3.63) is 29.8 Å². The van der Waals surface area contributed by atoms with Gasteiger partial charge < -0.3 is 15.0 Å². The predicted octanol–water partition coefficient (Wildman–Crippen LogP) is 1.94. The number of hydrogen-bond donors (Lipinski definition) is 1. The largest absolute Gasteiger partial charge is 0.493 e. The summed E-state index contributed by atoms with van der Waals surface area (Å²) in [6.45, 7) is 4.08. The number of ether oxygens (including phenoxy) is 1. The number of carbonyl (C=O) groups excluding carboxylic acids is 1. The maximum absolute atomic E-state index is 12.4. The molecule has 0 spiro atoms. The second-order valence-electron chi connectivity index (χ2n) is 4.45. The van der Waals surface area contributed by atoms with Gasteiger partial charge in [0.2, 0.25) is 0 Å². The molecule has 106 valence electrons. The molecule has 0 aliphatic carbocycles. The third-order valence-corrected chi connectivity index (χ3v) is 3.30. The second-order valence-corrected chi connectivity index (χ2v) is 4.45. The molecule has 1 aromatic carbocycles. The topological polar surface area (TPSA) is 41.6 Å². The van der Waals surface area contributed by atoms with Crippen molar-refractivity contribution in [1.82, 2.24) is 10.2 Å². The van der Waals surface area contributed by atoms with E-state index >= 15 is 0 Å². The Kier molecular flexibility index (Phi) is 6.12. The zero-order valence-corrected chi connectivity index (χ0v) is 12.2. The molecule has 1 aromatic rings. The van der Waals surface area contributed by atoms with Crippen molar-refractivity contribution in [3.63, 3.8) is 0 Å². The quantitative estimate of drug-likeness (QED) is 0.919. The van der Waals surface area contributed by atoms with Crippen molar-refractivity contribution in [2.24, 2.45) is 0 Å². The van der Waals surface area contributed by atoms with Crippen LogP contribution in [0.3, 0.4) is 0 Å². The van der Waals surface area contributed by atoms with Gasteiger partial charge in [-0.05, 0) is 32.5 Å². The molecule has 2 rings (SSSR count). The summed E-state index contributed by atoms with van der Waals surface area (Å²) in [5, 5.41) is 3.21. The van der Waals surface area contributed by atoms with Crippen LogP contribution in [0.1, 0.15) is 23.7 Å². The maximum atomic E-state index is 12.4. The number of benzene rings is 1. The van der Waals surface area contributed by atoms with Gasteiger partial charge in [0.05, 0.1) is 12.2 Å². The molecule has 5 heteroatoms. The summed E-state index contributed by atoms with van der Waals surface area (Å²) in [4.78, 5) is 14.3. The zero-order valence-electron chi connectivity index (χ0n) is 11.4. The Morgan fingerprint density at radius 1 is 1.47 bits per heavy atom.